The standard InChI is InChI=1S/C26H23ClO2/c1-29-25(28)19-13-12-17(27)16-21(19)18-9-7-11-23-24(18)20-8-3-4-10-22(20)26(23)14-5-2-6-15-26/h3-4,7-13,16H,2,5-6,14-15H2,1H3. The van der Waals surface area contributed by atoms with Crippen molar-refractivity contribution < 1.29 is 9.53 Å². The summed E-state index contributed by atoms with van der Waals surface area (Å²) in [7, 11) is 1.42. The molecule has 3 aromatic carbocycles. The summed E-state index contributed by atoms with van der Waals surface area (Å²) >= 11 is 6.36. The molecule has 0 bridgehead atoms. The van der Waals surface area contributed by atoms with Gasteiger partial charge in [-0.05, 0) is 64.4 Å². The molecule has 2 aliphatic rings. The maximum atomic E-state index is 12.5. The Labute approximate surface area is 176 Å². The van der Waals surface area contributed by atoms with Crippen LogP contribution in [0, 0.1) is 0 Å². The van der Waals surface area contributed by atoms with Crippen LogP contribution in [0.1, 0.15) is 53.6 Å². The van der Waals surface area contributed by atoms with Crippen molar-refractivity contribution in [3.63, 3.8) is 0 Å². The van der Waals surface area contributed by atoms with Crippen LogP contribution in [-0.2, 0) is 10.2 Å². The Balaban J connectivity index is 1.82. The summed E-state index contributed by atoms with van der Waals surface area (Å²) in [5, 5.41) is 0.615. The fourth-order valence-corrected chi connectivity index (χ4v) is 5.62. The van der Waals surface area contributed by atoms with Gasteiger partial charge in [0, 0.05) is 10.4 Å². The second-order valence-electron chi connectivity index (χ2n) is 8.10. The van der Waals surface area contributed by atoms with Gasteiger partial charge in [-0.1, -0.05) is 73.3 Å². The van der Waals surface area contributed by atoms with Crippen molar-refractivity contribution in [2.24, 2.45) is 0 Å². The number of fused-ring (bicyclic) bond motifs is 5. The van der Waals surface area contributed by atoms with Crippen LogP contribution in [0.3, 0.4) is 0 Å². The van der Waals surface area contributed by atoms with Crippen LogP contribution in [0.25, 0.3) is 22.3 Å². The molecule has 1 spiro atoms. The lowest BCUT2D eigenvalue weighted by atomic mass is 9.67. The van der Waals surface area contributed by atoms with Gasteiger partial charge in [0.25, 0.3) is 0 Å². The molecule has 0 atom stereocenters. The lowest BCUT2D eigenvalue weighted by Crippen LogP contribution is -2.27. The van der Waals surface area contributed by atoms with Crippen molar-refractivity contribution in [3.8, 4) is 22.3 Å². The van der Waals surface area contributed by atoms with E-state index in [9.17, 15) is 4.79 Å². The van der Waals surface area contributed by atoms with Crippen LogP contribution >= 0.6 is 11.6 Å². The number of ether oxygens (including phenoxy) is 1. The largest absolute Gasteiger partial charge is 0.465 e. The van der Waals surface area contributed by atoms with E-state index >= 15 is 0 Å². The van der Waals surface area contributed by atoms with E-state index < -0.39 is 0 Å². The third-order valence-electron chi connectivity index (χ3n) is 6.68. The molecule has 5 rings (SSSR count). The van der Waals surface area contributed by atoms with Gasteiger partial charge in [0.15, 0.2) is 0 Å². The van der Waals surface area contributed by atoms with Gasteiger partial charge in [-0.3, -0.25) is 0 Å². The van der Waals surface area contributed by atoms with Crippen LogP contribution in [0.15, 0.2) is 60.7 Å². The van der Waals surface area contributed by atoms with E-state index in [1.54, 1.807) is 12.1 Å². The molecule has 3 aromatic rings. The number of benzene rings is 3. The minimum Gasteiger partial charge on any atom is -0.465 e. The molecule has 3 heteroatoms. The smallest absolute Gasteiger partial charge is 0.338 e. The van der Waals surface area contributed by atoms with Crippen molar-refractivity contribution in [2.45, 2.75) is 37.5 Å². The minimum absolute atomic E-state index is 0.0875. The molecule has 0 heterocycles. The Bertz CT molecular complexity index is 1110. The van der Waals surface area contributed by atoms with Gasteiger partial charge in [-0.2, -0.15) is 0 Å². The first-order valence-electron chi connectivity index (χ1n) is 10.3. The van der Waals surface area contributed by atoms with Crippen molar-refractivity contribution >= 4 is 17.6 Å². The van der Waals surface area contributed by atoms with E-state index in [1.165, 1.54) is 61.5 Å². The third kappa shape index (κ3) is 2.73. The zero-order chi connectivity index (χ0) is 20.0. The first-order chi connectivity index (χ1) is 14.2. The molecule has 0 radical (unpaired) electrons. The molecule has 1 fully saturated rings. The number of hydrogen-bond donors (Lipinski definition) is 0. The van der Waals surface area contributed by atoms with E-state index in [-0.39, 0.29) is 11.4 Å². The number of carbonyl (C=O) groups excluding carboxylic acids is 1. The fraction of sp³-hybridized carbons (Fsp3) is 0.269. The van der Waals surface area contributed by atoms with E-state index in [0.717, 1.165) is 11.1 Å². The van der Waals surface area contributed by atoms with Crippen molar-refractivity contribution in [1.29, 1.82) is 0 Å². The Morgan fingerprint density at radius 1 is 0.862 bits per heavy atom. The predicted molar refractivity (Wildman–Crippen MR) is 118 cm³/mol. The number of halogens is 1. The highest BCUT2D eigenvalue weighted by molar-refractivity contribution is 6.31. The van der Waals surface area contributed by atoms with Gasteiger partial charge in [-0.25, -0.2) is 4.79 Å². The molecule has 0 amide bonds. The van der Waals surface area contributed by atoms with Crippen LogP contribution < -0.4 is 0 Å². The Hall–Kier alpha value is -2.58. The second-order valence-corrected chi connectivity index (χ2v) is 8.53. The third-order valence-corrected chi connectivity index (χ3v) is 6.91. The van der Waals surface area contributed by atoms with Crippen molar-refractivity contribution in [3.05, 3.63) is 82.4 Å². The molecular formula is C26H23ClO2. The van der Waals surface area contributed by atoms with Crippen LogP contribution in [0.2, 0.25) is 5.02 Å². The van der Waals surface area contributed by atoms with E-state index in [0.29, 0.717) is 10.6 Å². The van der Waals surface area contributed by atoms with E-state index in [1.807, 2.05) is 6.07 Å². The molecule has 0 N–H and O–H groups in total. The van der Waals surface area contributed by atoms with Crippen LogP contribution in [0.5, 0.6) is 0 Å². The first-order valence-corrected chi connectivity index (χ1v) is 10.6. The molecule has 0 unspecified atom stereocenters. The van der Waals surface area contributed by atoms with Crippen LogP contribution in [0.4, 0.5) is 0 Å². The molecule has 29 heavy (non-hydrogen) atoms. The molecule has 0 saturated heterocycles. The summed E-state index contributed by atoms with van der Waals surface area (Å²) in [6.45, 7) is 0. The average molecular weight is 403 g/mol. The number of rotatable bonds is 2. The number of esters is 1. The quantitative estimate of drug-likeness (QED) is 0.430. The lowest BCUT2D eigenvalue weighted by Gasteiger charge is -2.36. The predicted octanol–water partition coefficient (Wildman–Crippen LogP) is 7.02. The maximum absolute atomic E-state index is 12.5. The number of methoxy groups -OCH3 is 1. The highest BCUT2D eigenvalue weighted by Crippen LogP contribution is 2.57. The van der Waals surface area contributed by atoms with Gasteiger partial charge < -0.3 is 4.74 Å². The number of carbonyl (C=O) groups is 1. The average Bonchev–Trinajstić information content (AvgIpc) is 3.04. The van der Waals surface area contributed by atoms with E-state index in [4.69, 9.17) is 16.3 Å². The van der Waals surface area contributed by atoms with Crippen molar-refractivity contribution in [1.82, 2.24) is 0 Å². The highest BCUT2D eigenvalue weighted by atomic mass is 35.5. The Morgan fingerprint density at radius 3 is 2.38 bits per heavy atom. The van der Waals surface area contributed by atoms with Gasteiger partial charge in [0.2, 0.25) is 0 Å². The first kappa shape index (κ1) is 18.4. The summed E-state index contributed by atoms with van der Waals surface area (Å²) in [6, 6.07) is 20.7. The second kappa shape index (κ2) is 7.03. The molecule has 0 aliphatic heterocycles. The van der Waals surface area contributed by atoms with Gasteiger partial charge in [0.1, 0.15) is 0 Å². The van der Waals surface area contributed by atoms with Crippen LogP contribution in [-0.4, -0.2) is 13.1 Å². The monoisotopic (exact) mass is 402 g/mol. The molecule has 1 saturated carbocycles. The lowest BCUT2D eigenvalue weighted by molar-refractivity contribution is 0.0601. The summed E-state index contributed by atoms with van der Waals surface area (Å²) in [4.78, 5) is 12.5. The normalized spacial score (nSPS) is 16.3. The number of hydrogen-bond acceptors (Lipinski definition) is 2. The van der Waals surface area contributed by atoms with Crippen molar-refractivity contribution in [2.75, 3.05) is 7.11 Å². The molecular weight excluding hydrogens is 380 g/mol. The molecule has 0 aromatic heterocycles. The Kier molecular flexibility index (Phi) is 4.48. The van der Waals surface area contributed by atoms with Gasteiger partial charge in [-0.15, -0.1) is 0 Å². The zero-order valence-electron chi connectivity index (χ0n) is 16.5. The fourth-order valence-electron chi connectivity index (χ4n) is 5.45. The summed E-state index contributed by atoms with van der Waals surface area (Å²) in [6.07, 6.45) is 6.17. The van der Waals surface area contributed by atoms with Gasteiger partial charge in [0.05, 0.1) is 12.7 Å². The SMILES string of the molecule is COC(=O)c1ccc(Cl)cc1-c1cccc2c1-c1ccccc1C21CCCCC1. The summed E-state index contributed by atoms with van der Waals surface area (Å²) in [5.41, 5.74) is 7.89. The zero-order valence-corrected chi connectivity index (χ0v) is 17.3. The highest BCUT2D eigenvalue weighted by Gasteiger charge is 2.44. The Morgan fingerprint density at radius 2 is 1.59 bits per heavy atom. The minimum atomic E-state index is -0.340. The topological polar surface area (TPSA) is 26.3 Å². The molecule has 146 valence electrons. The molecule has 2 aliphatic carbocycles. The summed E-state index contributed by atoms with van der Waals surface area (Å²) < 4.78 is 5.05. The summed E-state index contributed by atoms with van der Waals surface area (Å²) in [5.74, 6) is -0.340. The maximum Gasteiger partial charge on any atom is 0.338 e. The van der Waals surface area contributed by atoms with E-state index in [2.05, 4.69) is 42.5 Å². The van der Waals surface area contributed by atoms with Gasteiger partial charge >= 0.3 is 5.97 Å². The molecule has 2 nitrogen and oxygen atoms in total.